The first-order chi connectivity index (χ1) is 11.3. The van der Waals surface area contributed by atoms with E-state index >= 15 is 0 Å². The second-order valence-corrected chi connectivity index (χ2v) is 5.31. The number of nitrogens with zero attached hydrogens (tertiary/aromatic N) is 1. The number of ether oxygens (including phenoxy) is 1. The Labute approximate surface area is 160 Å². The fraction of sp³-hybridized carbons (Fsp3) is 0.385. The van der Waals surface area contributed by atoms with Gasteiger partial charge >= 0.3 is 35.2 Å². The van der Waals surface area contributed by atoms with Gasteiger partial charge in [0.25, 0.3) is 5.56 Å². The summed E-state index contributed by atoms with van der Waals surface area (Å²) < 4.78 is 6.26. The van der Waals surface area contributed by atoms with Gasteiger partial charge in [-0.15, -0.1) is 0 Å². The molecule has 2 aromatic rings. The molecule has 0 saturated carbocycles. The minimum Gasteiger partial charge on any atom is -0.868 e. The fourth-order valence-electron chi connectivity index (χ4n) is 2.49. The molecule has 25 heavy (non-hydrogen) atoms. The van der Waals surface area contributed by atoms with Crippen molar-refractivity contribution in [1.82, 2.24) is 9.55 Å². The van der Waals surface area contributed by atoms with Gasteiger partial charge in [0.2, 0.25) is 10.9 Å². The molecule has 4 N–H and O–H groups in total. The van der Waals surface area contributed by atoms with Crippen LogP contribution < -0.4 is 62.1 Å². The molecule has 0 unspecified atom stereocenters. The van der Waals surface area contributed by atoms with Crippen LogP contribution in [0.2, 0.25) is 0 Å². The van der Waals surface area contributed by atoms with E-state index in [1.54, 1.807) is 0 Å². The number of H-pyrrole nitrogens is 1. The second kappa shape index (κ2) is 7.23. The molecule has 1 aromatic carbocycles. The van der Waals surface area contributed by atoms with Crippen LogP contribution in [0.5, 0.6) is 5.75 Å². The fourth-order valence-corrected chi connectivity index (χ4v) is 2.49. The minimum absolute atomic E-state index is 0. The largest absolute Gasteiger partial charge is 1.00 e. The van der Waals surface area contributed by atoms with E-state index in [2.05, 4.69) is 5.32 Å². The minimum atomic E-state index is -1.49. The van der Waals surface area contributed by atoms with Crippen molar-refractivity contribution in [2.24, 2.45) is 0 Å². The summed E-state index contributed by atoms with van der Waals surface area (Å²) in [5, 5.41) is 33.6. The van der Waals surface area contributed by atoms with Crippen LogP contribution in [-0.4, -0.2) is 44.6 Å². The van der Waals surface area contributed by atoms with Gasteiger partial charge in [-0.1, -0.05) is 0 Å². The average Bonchev–Trinajstić information content (AvgIpc) is 2.83. The number of rotatable bonds is 4. The summed E-state index contributed by atoms with van der Waals surface area (Å²) in [7, 11) is 0. The van der Waals surface area contributed by atoms with Gasteiger partial charge in [0.05, 0.1) is 5.69 Å². The third-order valence-electron chi connectivity index (χ3n) is 3.81. The summed E-state index contributed by atoms with van der Waals surface area (Å²) in [5.41, 5.74) is -3.96. The van der Waals surface area contributed by atoms with Gasteiger partial charge in [-0.3, -0.25) is 23.9 Å². The molecule has 12 heteroatoms. The summed E-state index contributed by atoms with van der Waals surface area (Å²) in [6, 6.07) is 1.04. The van der Waals surface area contributed by atoms with Crippen LogP contribution in [-0.2, 0) is 4.74 Å². The molecule has 11 nitrogen and oxygen atoms in total. The van der Waals surface area contributed by atoms with Gasteiger partial charge in [0.15, 0.2) is 6.23 Å². The molecule has 3 rings (SSSR count). The summed E-state index contributed by atoms with van der Waals surface area (Å²) in [6.45, 7) is -0.243. The molecule has 4 atom stereocenters. The molecule has 1 aliphatic heterocycles. The standard InChI is InChI=1S/C13H13N3O8.Na/c17-5-1-2-16(13(23)15-5)12-11(22)7(18)4(24-12)3-14-6-8(19)10(21)9(6)20;/h1-2,4,7,11-12,14,18-19,22H,3H2,(H,15,17,23);/q;+1/p-1/t4-,7-,11-,12-;/m1./s1. The molecule has 0 bridgehead atoms. The Bertz CT molecular complexity index is 959. The van der Waals surface area contributed by atoms with Crippen molar-refractivity contribution in [2.75, 3.05) is 11.9 Å². The summed E-state index contributed by atoms with van der Waals surface area (Å²) in [5.74, 6) is -0.957. The van der Waals surface area contributed by atoms with E-state index in [0.29, 0.717) is 0 Å². The molecule has 0 radical (unpaired) electrons. The summed E-state index contributed by atoms with van der Waals surface area (Å²) in [6.07, 6.45) is -4.14. The van der Waals surface area contributed by atoms with Gasteiger partial charge in [-0.25, -0.2) is 4.79 Å². The number of hydrogen-bond acceptors (Lipinski definition) is 9. The van der Waals surface area contributed by atoms with E-state index in [-0.39, 0.29) is 36.1 Å². The zero-order chi connectivity index (χ0) is 17.6. The maximum Gasteiger partial charge on any atom is 1.00 e. The van der Waals surface area contributed by atoms with Crippen LogP contribution >= 0.6 is 0 Å². The first-order valence-electron chi connectivity index (χ1n) is 6.88. The molecule has 1 fully saturated rings. The molecule has 0 aliphatic carbocycles. The van der Waals surface area contributed by atoms with Gasteiger partial charge in [0, 0.05) is 18.8 Å². The van der Waals surface area contributed by atoms with Crippen molar-refractivity contribution in [1.29, 1.82) is 0 Å². The number of aromatic amines is 1. The average molecular weight is 361 g/mol. The molecule has 0 amide bonds. The van der Waals surface area contributed by atoms with E-state index in [1.165, 1.54) is 0 Å². The van der Waals surface area contributed by atoms with Crippen LogP contribution in [0.25, 0.3) is 0 Å². The molecule has 128 valence electrons. The molecular weight excluding hydrogens is 349 g/mol. The quantitative estimate of drug-likeness (QED) is 0.305. The molecular formula is C13H12N3NaO8. The van der Waals surface area contributed by atoms with E-state index in [1.807, 2.05) is 4.98 Å². The number of hydrogen-bond donors (Lipinski definition) is 4. The molecule has 1 saturated heterocycles. The molecule has 1 aliphatic rings. The van der Waals surface area contributed by atoms with Crippen LogP contribution in [0.15, 0.2) is 31.4 Å². The maximum absolute atomic E-state index is 11.7. The van der Waals surface area contributed by atoms with Crippen molar-refractivity contribution in [3.05, 3.63) is 53.5 Å². The van der Waals surface area contributed by atoms with Gasteiger partial charge in [-0.2, -0.15) is 0 Å². The Kier molecular flexibility index (Phi) is 5.66. The molecule has 1 aromatic heterocycles. The second-order valence-electron chi connectivity index (χ2n) is 5.31. The Morgan fingerprint density at radius 1 is 1.20 bits per heavy atom. The number of aliphatic hydroxyl groups excluding tert-OH is 2. The van der Waals surface area contributed by atoms with Crippen molar-refractivity contribution in [3.63, 3.8) is 0 Å². The summed E-state index contributed by atoms with van der Waals surface area (Å²) in [4.78, 5) is 46.8. The van der Waals surface area contributed by atoms with E-state index in [4.69, 9.17) is 4.74 Å². The number of anilines is 1. The Hall–Kier alpha value is -1.76. The number of aliphatic hydroxyl groups is 2. The third kappa shape index (κ3) is 3.34. The van der Waals surface area contributed by atoms with Crippen molar-refractivity contribution < 1.29 is 49.6 Å². The van der Waals surface area contributed by atoms with E-state index < -0.39 is 58.1 Å². The van der Waals surface area contributed by atoms with Crippen LogP contribution in [0.3, 0.4) is 0 Å². The van der Waals surface area contributed by atoms with Crippen molar-refractivity contribution >= 4 is 5.69 Å². The van der Waals surface area contributed by atoms with Gasteiger partial charge in [0.1, 0.15) is 18.3 Å². The van der Waals surface area contributed by atoms with Crippen molar-refractivity contribution in [2.45, 2.75) is 24.5 Å². The van der Waals surface area contributed by atoms with Crippen LogP contribution in [0.1, 0.15) is 6.23 Å². The Morgan fingerprint density at radius 3 is 2.48 bits per heavy atom. The van der Waals surface area contributed by atoms with E-state index in [9.17, 15) is 34.5 Å². The Balaban J connectivity index is 0.00000225. The van der Waals surface area contributed by atoms with Crippen LogP contribution in [0, 0.1) is 0 Å². The number of nitrogens with one attached hydrogen (secondary N) is 2. The zero-order valence-corrected chi connectivity index (χ0v) is 15.0. The van der Waals surface area contributed by atoms with Gasteiger partial charge < -0.3 is 25.4 Å². The SMILES string of the molecule is O=c1ccn([C@@H]2O[C@H](CNc3c([O-])c(=O)c3=O)[C@@H](O)[C@H]2O)c(=O)[nH]1.[Na+]. The monoisotopic (exact) mass is 361 g/mol. The topological polar surface area (TPSA) is 174 Å². The molecule has 0 spiro atoms. The smallest absolute Gasteiger partial charge is 0.868 e. The van der Waals surface area contributed by atoms with Crippen molar-refractivity contribution in [3.8, 4) is 5.75 Å². The predicted molar refractivity (Wildman–Crippen MR) is 76.5 cm³/mol. The normalized spacial score (nSPS) is 25.7. The van der Waals surface area contributed by atoms with Crippen LogP contribution in [0.4, 0.5) is 5.69 Å². The van der Waals surface area contributed by atoms with Gasteiger partial charge in [-0.05, 0) is 5.75 Å². The summed E-state index contributed by atoms with van der Waals surface area (Å²) >= 11 is 0. The van der Waals surface area contributed by atoms with E-state index in [0.717, 1.165) is 16.8 Å². The predicted octanol–water partition coefficient (Wildman–Crippen LogP) is -7.06. The first-order valence-corrected chi connectivity index (χ1v) is 6.88. The zero-order valence-electron chi connectivity index (χ0n) is 13.0. The third-order valence-corrected chi connectivity index (χ3v) is 3.81. The Morgan fingerprint density at radius 2 is 1.88 bits per heavy atom. The maximum atomic E-state index is 11.7. The number of aromatic nitrogens is 2. The first kappa shape index (κ1) is 19.6. The molecule has 2 heterocycles.